The van der Waals surface area contributed by atoms with Gasteiger partial charge in [0.2, 0.25) is 5.95 Å². The summed E-state index contributed by atoms with van der Waals surface area (Å²) in [5.74, 6) is 0.514. The van der Waals surface area contributed by atoms with Crippen molar-refractivity contribution in [1.82, 2.24) is 19.3 Å². The number of halogens is 1. The molecule has 0 bridgehead atoms. The van der Waals surface area contributed by atoms with Crippen LogP contribution in [0.3, 0.4) is 0 Å². The molecule has 5 nitrogen and oxygen atoms in total. The van der Waals surface area contributed by atoms with E-state index in [1.807, 2.05) is 23.2 Å². The summed E-state index contributed by atoms with van der Waals surface area (Å²) < 4.78 is 17.2. The number of rotatable bonds is 5. The maximum atomic E-state index is 13.3. The quantitative estimate of drug-likeness (QED) is 0.737. The lowest BCUT2D eigenvalue weighted by molar-refractivity contribution is 0.572. The number of nitrogens with zero attached hydrogens (tertiary/aromatic N) is 4. The van der Waals surface area contributed by atoms with Gasteiger partial charge in [0.15, 0.2) is 0 Å². The van der Waals surface area contributed by atoms with Crippen molar-refractivity contribution in [2.75, 3.05) is 11.9 Å². The maximum Gasteiger partial charge on any atom is 0.203 e. The molecule has 0 saturated heterocycles. The van der Waals surface area contributed by atoms with Crippen molar-refractivity contribution >= 4 is 17.0 Å². The van der Waals surface area contributed by atoms with Crippen molar-refractivity contribution in [3.8, 4) is 0 Å². The zero-order valence-electron chi connectivity index (χ0n) is 13.1. The van der Waals surface area contributed by atoms with Crippen LogP contribution in [0.15, 0.2) is 24.3 Å². The molecule has 0 atom stereocenters. The summed E-state index contributed by atoms with van der Waals surface area (Å²) in [5, 5.41) is 7.75. The molecule has 1 aromatic carbocycles. The standard InChI is InChI=1S/C16H20FN5/c1-11-9-12(2)22(20-11)8-4-7-18-16-19-14-6-5-13(17)10-15(14)21(16)3/h5-6,9-10H,4,7-8H2,1-3H3,(H,18,19). The minimum absolute atomic E-state index is 0.244. The van der Waals surface area contributed by atoms with Gasteiger partial charge < -0.3 is 9.88 Å². The van der Waals surface area contributed by atoms with E-state index in [0.29, 0.717) is 0 Å². The number of nitrogens with one attached hydrogen (secondary N) is 1. The minimum atomic E-state index is -0.244. The van der Waals surface area contributed by atoms with E-state index in [-0.39, 0.29) is 5.82 Å². The summed E-state index contributed by atoms with van der Waals surface area (Å²) in [4.78, 5) is 4.48. The predicted molar refractivity (Wildman–Crippen MR) is 85.5 cm³/mol. The van der Waals surface area contributed by atoms with Crippen molar-refractivity contribution in [3.05, 3.63) is 41.5 Å². The Balaban J connectivity index is 1.62. The van der Waals surface area contributed by atoms with Crippen LogP contribution < -0.4 is 5.32 Å². The third-order valence-corrected chi connectivity index (χ3v) is 3.78. The predicted octanol–water partition coefficient (Wildman–Crippen LogP) is 3.03. The Hall–Kier alpha value is -2.37. The highest BCUT2D eigenvalue weighted by Crippen LogP contribution is 2.19. The molecule has 2 heterocycles. The summed E-state index contributed by atoms with van der Waals surface area (Å²) >= 11 is 0. The first-order valence-electron chi connectivity index (χ1n) is 7.41. The molecule has 22 heavy (non-hydrogen) atoms. The molecule has 0 saturated carbocycles. The second-order valence-corrected chi connectivity index (χ2v) is 5.56. The molecule has 0 aliphatic heterocycles. The molecule has 3 aromatic rings. The van der Waals surface area contributed by atoms with E-state index in [1.54, 1.807) is 6.07 Å². The second-order valence-electron chi connectivity index (χ2n) is 5.56. The second kappa shape index (κ2) is 5.79. The molecule has 0 aliphatic rings. The summed E-state index contributed by atoms with van der Waals surface area (Å²) in [6.07, 6.45) is 0.944. The highest BCUT2D eigenvalue weighted by Gasteiger charge is 2.08. The molecule has 0 aliphatic carbocycles. The molecule has 0 radical (unpaired) electrons. The zero-order valence-corrected chi connectivity index (χ0v) is 13.1. The van der Waals surface area contributed by atoms with E-state index < -0.39 is 0 Å². The average Bonchev–Trinajstić information content (AvgIpc) is 2.96. The number of aryl methyl sites for hydroxylation is 4. The van der Waals surface area contributed by atoms with E-state index in [9.17, 15) is 4.39 Å². The van der Waals surface area contributed by atoms with Crippen molar-refractivity contribution < 1.29 is 4.39 Å². The molecule has 2 aromatic heterocycles. The monoisotopic (exact) mass is 301 g/mol. The Morgan fingerprint density at radius 2 is 2.05 bits per heavy atom. The molecule has 0 fully saturated rings. The normalized spacial score (nSPS) is 11.3. The Morgan fingerprint density at radius 3 is 2.77 bits per heavy atom. The molecule has 0 spiro atoms. The number of hydrogen-bond donors (Lipinski definition) is 1. The minimum Gasteiger partial charge on any atom is -0.356 e. The van der Waals surface area contributed by atoms with Gasteiger partial charge in [-0.3, -0.25) is 4.68 Å². The number of fused-ring (bicyclic) bond motifs is 1. The number of hydrogen-bond acceptors (Lipinski definition) is 3. The van der Waals surface area contributed by atoms with E-state index in [2.05, 4.69) is 28.4 Å². The van der Waals surface area contributed by atoms with Crippen LogP contribution >= 0.6 is 0 Å². The van der Waals surface area contributed by atoms with Crippen molar-refractivity contribution in [1.29, 1.82) is 0 Å². The first kappa shape index (κ1) is 14.6. The van der Waals surface area contributed by atoms with Crippen LogP contribution in [0.2, 0.25) is 0 Å². The fourth-order valence-corrected chi connectivity index (χ4v) is 2.65. The van der Waals surface area contributed by atoms with Gasteiger partial charge in [0.1, 0.15) is 5.82 Å². The third-order valence-electron chi connectivity index (χ3n) is 3.78. The highest BCUT2D eigenvalue weighted by atomic mass is 19.1. The lowest BCUT2D eigenvalue weighted by Gasteiger charge is -2.07. The summed E-state index contributed by atoms with van der Waals surface area (Å²) in [7, 11) is 1.89. The fraction of sp³-hybridized carbons (Fsp3) is 0.375. The molecule has 0 amide bonds. The third kappa shape index (κ3) is 2.81. The van der Waals surface area contributed by atoms with Gasteiger partial charge in [-0.25, -0.2) is 9.37 Å². The smallest absolute Gasteiger partial charge is 0.203 e. The molecule has 6 heteroatoms. The van der Waals surface area contributed by atoms with Crippen LogP contribution in [0.1, 0.15) is 17.8 Å². The number of benzene rings is 1. The van der Waals surface area contributed by atoms with Gasteiger partial charge in [-0.05, 0) is 44.5 Å². The number of aromatic nitrogens is 4. The van der Waals surface area contributed by atoms with Crippen LogP contribution in [-0.4, -0.2) is 25.9 Å². The Bertz CT molecular complexity index is 802. The van der Waals surface area contributed by atoms with Crippen molar-refractivity contribution in [2.45, 2.75) is 26.8 Å². The summed E-state index contributed by atoms with van der Waals surface area (Å²) in [5.41, 5.74) is 3.81. The Kier molecular flexibility index (Phi) is 3.83. The van der Waals surface area contributed by atoms with Crippen molar-refractivity contribution in [2.24, 2.45) is 7.05 Å². The maximum absolute atomic E-state index is 13.3. The molecule has 1 N–H and O–H groups in total. The zero-order chi connectivity index (χ0) is 15.7. The summed E-state index contributed by atoms with van der Waals surface area (Å²) in [6, 6.07) is 6.71. The van der Waals surface area contributed by atoms with Crippen LogP contribution in [0.25, 0.3) is 11.0 Å². The molecular weight excluding hydrogens is 281 g/mol. The lowest BCUT2D eigenvalue weighted by Crippen LogP contribution is -2.11. The van der Waals surface area contributed by atoms with Gasteiger partial charge in [-0.2, -0.15) is 5.10 Å². The van der Waals surface area contributed by atoms with Crippen LogP contribution in [-0.2, 0) is 13.6 Å². The largest absolute Gasteiger partial charge is 0.356 e. The molecule has 3 rings (SSSR count). The van der Waals surface area contributed by atoms with Crippen LogP contribution in [0.5, 0.6) is 0 Å². The Morgan fingerprint density at radius 1 is 1.23 bits per heavy atom. The fourth-order valence-electron chi connectivity index (χ4n) is 2.65. The molecular formula is C16H20FN5. The number of anilines is 1. The van der Waals surface area contributed by atoms with Gasteiger partial charge in [-0.1, -0.05) is 0 Å². The van der Waals surface area contributed by atoms with Crippen molar-refractivity contribution in [3.63, 3.8) is 0 Å². The van der Waals surface area contributed by atoms with Gasteiger partial charge in [0.25, 0.3) is 0 Å². The van der Waals surface area contributed by atoms with E-state index >= 15 is 0 Å². The molecule has 116 valence electrons. The van der Waals surface area contributed by atoms with Gasteiger partial charge in [-0.15, -0.1) is 0 Å². The topological polar surface area (TPSA) is 47.7 Å². The number of imidazole rings is 1. The first-order chi connectivity index (χ1) is 10.5. The van der Waals surface area contributed by atoms with E-state index in [4.69, 9.17) is 0 Å². The van der Waals surface area contributed by atoms with E-state index in [0.717, 1.165) is 42.2 Å². The molecule has 0 unspecified atom stereocenters. The Labute approximate surface area is 128 Å². The first-order valence-corrected chi connectivity index (χ1v) is 7.41. The van der Waals surface area contributed by atoms with Gasteiger partial charge in [0.05, 0.1) is 16.7 Å². The lowest BCUT2D eigenvalue weighted by atomic mass is 10.3. The van der Waals surface area contributed by atoms with Crippen LogP contribution in [0.4, 0.5) is 10.3 Å². The highest BCUT2D eigenvalue weighted by molar-refractivity contribution is 5.78. The van der Waals surface area contributed by atoms with E-state index in [1.165, 1.54) is 17.8 Å². The SMILES string of the molecule is Cc1cc(C)n(CCCNc2nc3ccc(F)cc3n2C)n1. The van der Waals surface area contributed by atoms with Crippen LogP contribution in [0, 0.1) is 19.7 Å². The van der Waals surface area contributed by atoms with Gasteiger partial charge >= 0.3 is 0 Å². The average molecular weight is 301 g/mol. The summed E-state index contributed by atoms with van der Waals surface area (Å²) in [6.45, 7) is 5.72. The van der Waals surface area contributed by atoms with Gasteiger partial charge in [0, 0.05) is 25.8 Å².